The molecule has 0 spiro atoms. The zero-order valence-electron chi connectivity index (χ0n) is 39.0. The summed E-state index contributed by atoms with van der Waals surface area (Å²) in [6, 6.07) is 0. The van der Waals surface area contributed by atoms with Gasteiger partial charge in [-0.2, -0.15) is 0 Å². The summed E-state index contributed by atoms with van der Waals surface area (Å²) in [5.41, 5.74) is 5.35. The van der Waals surface area contributed by atoms with Crippen LogP contribution in [0.1, 0.15) is 233 Å². The molecule has 0 aromatic rings. The molecule has 0 bridgehead atoms. The summed E-state index contributed by atoms with van der Waals surface area (Å²) in [5, 5.41) is 0. The zero-order chi connectivity index (χ0) is 45.1. The lowest BCUT2D eigenvalue weighted by molar-refractivity contribution is -0.161. The highest BCUT2D eigenvalue weighted by molar-refractivity contribution is 7.47. The minimum Gasteiger partial charge on any atom is -0.466 e. The molecule has 2 unspecified atom stereocenters. The van der Waals surface area contributed by atoms with Crippen molar-refractivity contribution < 1.29 is 56.6 Å². The molecule has 0 saturated carbocycles. The van der Waals surface area contributed by atoms with Crippen LogP contribution in [-0.2, 0) is 51.7 Å². The summed E-state index contributed by atoms with van der Waals surface area (Å²) in [6.07, 6.45) is 29.7. The van der Waals surface area contributed by atoms with Crippen LogP contribution in [0.3, 0.4) is 0 Å². The van der Waals surface area contributed by atoms with Crippen molar-refractivity contribution in [2.75, 3.05) is 33.0 Å². The maximum atomic E-state index is 12.7. The Morgan fingerprint density at radius 3 is 1.28 bits per heavy atom. The number of carbonyl (C=O) groups excluding carboxylic acids is 4. The predicted octanol–water partition coefficient (Wildman–Crippen LogP) is 11.9. The van der Waals surface area contributed by atoms with Crippen molar-refractivity contribution in [3.63, 3.8) is 0 Å². The molecule has 0 aliphatic heterocycles. The Labute approximate surface area is 371 Å². The molecule has 0 amide bonds. The van der Waals surface area contributed by atoms with Gasteiger partial charge in [-0.3, -0.25) is 28.2 Å². The molecular weight excluding hydrogens is 801 g/mol. The lowest BCUT2D eigenvalue weighted by Crippen LogP contribution is -2.29. The van der Waals surface area contributed by atoms with Crippen LogP contribution in [0.25, 0.3) is 0 Å². The van der Waals surface area contributed by atoms with Gasteiger partial charge >= 0.3 is 31.7 Å². The lowest BCUT2D eigenvalue weighted by atomic mass is 10.0. The van der Waals surface area contributed by atoms with Gasteiger partial charge in [0.05, 0.1) is 19.8 Å². The van der Waals surface area contributed by atoms with E-state index in [1.165, 1.54) is 89.9 Å². The third kappa shape index (κ3) is 41.7. The number of phosphoric ester groups is 1. The normalized spacial score (nSPS) is 12.9. The molecule has 0 radical (unpaired) electrons. The first-order valence-electron chi connectivity index (χ1n) is 24.6. The first-order valence-corrected chi connectivity index (χ1v) is 26.1. The molecule has 0 rings (SSSR count). The van der Waals surface area contributed by atoms with Gasteiger partial charge in [0.25, 0.3) is 0 Å². The number of phosphoric acid groups is 1. The molecule has 360 valence electrons. The fraction of sp³-hybridized carbons (Fsp3) is 0.915. The zero-order valence-corrected chi connectivity index (χ0v) is 39.9. The summed E-state index contributed by atoms with van der Waals surface area (Å²) in [4.78, 5) is 59.8. The summed E-state index contributed by atoms with van der Waals surface area (Å²) in [7, 11) is -4.45. The average Bonchev–Trinajstić information content (AvgIpc) is 3.23. The second kappa shape index (κ2) is 43.2. The van der Waals surface area contributed by atoms with E-state index < -0.39 is 32.5 Å². The number of hydrogen-bond acceptors (Lipinski definition) is 12. The number of esters is 4. The van der Waals surface area contributed by atoms with Gasteiger partial charge in [-0.05, 0) is 57.8 Å². The van der Waals surface area contributed by atoms with Crippen LogP contribution in [-0.4, -0.2) is 74.0 Å². The van der Waals surface area contributed by atoms with E-state index in [4.69, 9.17) is 33.7 Å². The average molecular weight is 892 g/mol. The van der Waals surface area contributed by atoms with Crippen LogP contribution in [0, 0.1) is 0 Å². The molecule has 0 aliphatic carbocycles. The van der Waals surface area contributed by atoms with Gasteiger partial charge in [-0.1, -0.05) is 149 Å². The number of hydrogen-bond donors (Lipinski definition) is 2. The second-order valence-electron chi connectivity index (χ2n) is 16.6. The molecule has 0 saturated heterocycles. The minimum atomic E-state index is -4.45. The fourth-order valence-electron chi connectivity index (χ4n) is 6.92. The molecule has 3 N–H and O–H groups in total. The third-order valence-corrected chi connectivity index (χ3v) is 11.6. The van der Waals surface area contributed by atoms with Crippen molar-refractivity contribution in [2.45, 2.75) is 245 Å². The quantitative estimate of drug-likeness (QED) is 0.0255. The van der Waals surface area contributed by atoms with E-state index in [-0.39, 0.29) is 50.6 Å². The highest BCUT2D eigenvalue weighted by Gasteiger charge is 2.26. The maximum Gasteiger partial charge on any atom is 0.472 e. The molecular formula is C47H90NO12P. The summed E-state index contributed by atoms with van der Waals surface area (Å²) < 4.78 is 44.0. The van der Waals surface area contributed by atoms with Crippen molar-refractivity contribution in [1.29, 1.82) is 0 Å². The molecule has 0 fully saturated rings. The SMILES string of the molecule is CCCCCCCCOC(=O)CCCCCCCC(=O)OC(COC(=O)CCCCCCC(=O)OC(CCCCCCCC)CCCCCCCC)COP(=O)(O)OCCN. The van der Waals surface area contributed by atoms with Crippen LogP contribution >= 0.6 is 7.82 Å². The molecule has 0 aliphatic rings. The Bertz CT molecular complexity index is 1090. The maximum absolute atomic E-state index is 12.7. The Hall–Kier alpha value is -2.05. The molecule has 61 heavy (non-hydrogen) atoms. The van der Waals surface area contributed by atoms with Crippen molar-refractivity contribution in [1.82, 2.24) is 0 Å². The van der Waals surface area contributed by atoms with Crippen molar-refractivity contribution >= 4 is 31.7 Å². The van der Waals surface area contributed by atoms with Gasteiger partial charge in [0.1, 0.15) is 12.7 Å². The highest BCUT2D eigenvalue weighted by Crippen LogP contribution is 2.43. The van der Waals surface area contributed by atoms with E-state index in [1.54, 1.807) is 0 Å². The molecule has 2 atom stereocenters. The lowest BCUT2D eigenvalue weighted by Gasteiger charge is -2.20. The molecule has 0 aromatic heterocycles. The van der Waals surface area contributed by atoms with E-state index in [0.717, 1.165) is 77.0 Å². The van der Waals surface area contributed by atoms with Gasteiger partial charge in [0.2, 0.25) is 0 Å². The van der Waals surface area contributed by atoms with Gasteiger partial charge in [-0.25, -0.2) is 4.57 Å². The van der Waals surface area contributed by atoms with Crippen LogP contribution in [0.5, 0.6) is 0 Å². The summed E-state index contributed by atoms with van der Waals surface area (Å²) in [5.74, 6) is -1.35. The van der Waals surface area contributed by atoms with E-state index in [9.17, 15) is 28.6 Å². The Balaban J connectivity index is 4.53. The van der Waals surface area contributed by atoms with E-state index in [2.05, 4.69) is 20.8 Å². The van der Waals surface area contributed by atoms with Crippen LogP contribution in [0.15, 0.2) is 0 Å². The molecule has 14 heteroatoms. The van der Waals surface area contributed by atoms with E-state index >= 15 is 0 Å². The van der Waals surface area contributed by atoms with Crippen LogP contribution < -0.4 is 5.73 Å². The second-order valence-corrected chi connectivity index (χ2v) is 18.0. The number of unbranched alkanes of at least 4 members (excludes halogenated alkanes) is 22. The molecule has 0 aromatic carbocycles. The van der Waals surface area contributed by atoms with Crippen molar-refractivity contribution in [3.05, 3.63) is 0 Å². The molecule has 13 nitrogen and oxygen atoms in total. The predicted molar refractivity (Wildman–Crippen MR) is 242 cm³/mol. The fourth-order valence-corrected chi connectivity index (χ4v) is 7.68. The highest BCUT2D eigenvalue weighted by atomic mass is 31.2. The van der Waals surface area contributed by atoms with E-state index in [1.807, 2.05) is 0 Å². The van der Waals surface area contributed by atoms with Gasteiger partial charge < -0.3 is 29.6 Å². The monoisotopic (exact) mass is 892 g/mol. The number of carbonyl (C=O) groups is 4. The Morgan fingerprint density at radius 2 is 0.820 bits per heavy atom. The smallest absolute Gasteiger partial charge is 0.466 e. The topological polar surface area (TPSA) is 187 Å². The minimum absolute atomic E-state index is 0.00453. The van der Waals surface area contributed by atoms with Gasteiger partial charge in [-0.15, -0.1) is 0 Å². The van der Waals surface area contributed by atoms with Crippen LogP contribution in [0.4, 0.5) is 0 Å². The standard InChI is InChI=1S/C47H90NO12P/c1-4-7-10-13-17-24-31-42(32-25-18-14-11-8-5-2)59-46(51)35-29-22-21-27-34-45(50)56-40-43(41-58-61(53,54)57-39-37-48)60-47(52)36-28-20-16-19-26-33-44(49)55-38-30-23-15-12-9-6-3/h42-43H,4-41,48H2,1-3H3,(H,53,54). The Morgan fingerprint density at radius 1 is 0.443 bits per heavy atom. The van der Waals surface area contributed by atoms with Gasteiger partial charge in [0, 0.05) is 32.2 Å². The summed E-state index contributed by atoms with van der Waals surface area (Å²) in [6.45, 7) is 6.06. The third-order valence-electron chi connectivity index (χ3n) is 10.6. The first kappa shape index (κ1) is 58.9. The first-order chi connectivity index (χ1) is 29.6. The molecule has 0 heterocycles. The Kier molecular flexibility index (Phi) is 41.8. The number of rotatable bonds is 46. The van der Waals surface area contributed by atoms with Crippen LogP contribution in [0.2, 0.25) is 0 Å². The van der Waals surface area contributed by atoms with Crippen molar-refractivity contribution in [2.24, 2.45) is 5.73 Å². The largest absolute Gasteiger partial charge is 0.472 e. The number of ether oxygens (including phenoxy) is 4. The summed E-state index contributed by atoms with van der Waals surface area (Å²) >= 11 is 0. The van der Waals surface area contributed by atoms with Gasteiger partial charge in [0.15, 0.2) is 6.10 Å². The number of nitrogens with two attached hydrogens (primary N) is 1. The van der Waals surface area contributed by atoms with Crippen molar-refractivity contribution in [3.8, 4) is 0 Å². The van der Waals surface area contributed by atoms with E-state index in [0.29, 0.717) is 38.7 Å².